The van der Waals surface area contributed by atoms with Gasteiger partial charge < -0.3 is 9.64 Å². The lowest BCUT2D eigenvalue weighted by Crippen LogP contribution is -2.48. The quantitative estimate of drug-likeness (QED) is 0.581. The van der Waals surface area contributed by atoms with E-state index in [2.05, 4.69) is 9.88 Å². The summed E-state index contributed by atoms with van der Waals surface area (Å²) in [6.45, 7) is 1.91. The van der Waals surface area contributed by atoms with E-state index in [0.717, 1.165) is 5.82 Å². The van der Waals surface area contributed by atoms with Crippen molar-refractivity contribution in [1.29, 1.82) is 5.26 Å². The lowest BCUT2D eigenvalue weighted by Gasteiger charge is -2.34. The van der Waals surface area contributed by atoms with Crippen molar-refractivity contribution in [3.63, 3.8) is 0 Å². The molecule has 0 bridgehead atoms. The van der Waals surface area contributed by atoms with Gasteiger partial charge in [-0.15, -0.1) is 0 Å². The molecule has 4 rings (SSSR count). The van der Waals surface area contributed by atoms with Crippen LogP contribution in [0.1, 0.15) is 5.56 Å². The Balaban J connectivity index is 1.45. The molecular formula is C22H19ClN4O3S. The van der Waals surface area contributed by atoms with Crippen LogP contribution in [0.15, 0.2) is 71.8 Å². The van der Waals surface area contributed by atoms with E-state index in [4.69, 9.17) is 16.3 Å². The Hall–Kier alpha value is -3.12. The van der Waals surface area contributed by atoms with Crippen LogP contribution in [0.4, 0.5) is 5.82 Å². The van der Waals surface area contributed by atoms with Crippen molar-refractivity contribution >= 4 is 27.4 Å². The van der Waals surface area contributed by atoms with Gasteiger partial charge in [0.2, 0.25) is 10.0 Å². The first-order valence-electron chi connectivity index (χ1n) is 9.62. The predicted molar refractivity (Wildman–Crippen MR) is 118 cm³/mol. The number of anilines is 1. The molecule has 3 aromatic rings. The summed E-state index contributed by atoms with van der Waals surface area (Å²) < 4.78 is 33.3. The number of hydrogen-bond donors (Lipinski definition) is 0. The minimum Gasteiger partial charge on any atom is -0.456 e. The van der Waals surface area contributed by atoms with Crippen molar-refractivity contribution in [2.24, 2.45) is 0 Å². The van der Waals surface area contributed by atoms with Gasteiger partial charge >= 0.3 is 0 Å². The molecule has 0 saturated carbocycles. The van der Waals surface area contributed by atoms with Gasteiger partial charge in [0, 0.05) is 32.4 Å². The van der Waals surface area contributed by atoms with Gasteiger partial charge in [0.25, 0.3) is 0 Å². The van der Waals surface area contributed by atoms with Crippen molar-refractivity contribution in [2.45, 2.75) is 4.90 Å². The van der Waals surface area contributed by atoms with Crippen LogP contribution >= 0.6 is 11.6 Å². The number of halogens is 1. The normalized spacial score (nSPS) is 14.8. The van der Waals surface area contributed by atoms with E-state index < -0.39 is 10.0 Å². The highest BCUT2D eigenvalue weighted by Crippen LogP contribution is 2.30. The number of piperazine rings is 1. The molecule has 2 aromatic carbocycles. The Morgan fingerprint density at radius 1 is 0.968 bits per heavy atom. The first kappa shape index (κ1) is 21.1. The van der Waals surface area contributed by atoms with Gasteiger partial charge in [-0.05, 0) is 48.5 Å². The number of nitriles is 1. The fourth-order valence-electron chi connectivity index (χ4n) is 3.35. The van der Waals surface area contributed by atoms with Crippen LogP contribution in [-0.2, 0) is 10.0 Å². The minimum absolute atomic E-state index is 0.192. The summed E-state index contributed by atoms with van der Waals surface area (Å²) in [5.74, 6) is 1.58. The average Bonchev–Trinajstić information content (AvgIpc) is 2.80. The molecule has 1 aliphatic heterocycles. The Labute approximate surface area is 186 Å². The molecule has 0 radical (unpaired) electrons. The maximum Gasteiger partial charge on any atom is 0.243 e. The second kappa shape index (κ2) is 8.94. The molecule has 0 spiro atoms. The van der Waals surface area contributed by atoms with Crippen LogP contribution < -0.4 is 9.64 Å². The molecule has 158 valence electrons. The van der Waals surface area contributed by atoms with Gasteiger partial charge in [0.15, 0.2) is 0 Å². The van der Waals surface area contributed by atoms with E-state index in [0.29, 0.717) is 42.7 Å². The Bertz CT molecular complexity index is 1200. The van der Waals surface area contributed by atoms with E-state index in [1.165, 1.54) is 16.4 Å². The average molecular weight is 455 g/mol. The van der Waals surface area contributed by atoms with Crippen molar-refractivity contribution in [1.82, 2.24) is 9.29 Å². The van der Waals surface area contributed by atoms with Gasteiger partial charge in [0.1, 0.15) is 28.9 Å². The predicted octanol–water partition coefficient (Wildman–Crippen LogP) is 3.91. The molecule has 0 N–H and O–H groups in total. The highest BCUT2D eigenvalue weighted by atomic mass is 35.5. The second-order valence-corrected chi connectivity index (χ2v) is 9.22. The zero-order chi connectivity index (χ0) is 21.8. The molecule has 1 saturated heterocycles. The second-order valence-electron chi connectivity index (χ2n) is 6.88. The van der Waals surface area contributed by atoms with Crippen LogP contribution in [0, 0.1) is 11.3 Å². The molecule has 1 aliphatic rings. The van der Waals surface area contributed by atoms with Crippen LogP contribution in [0.5, 0.6) is 11.5 Å². The zero-order valence-corrected chi connectivity index (χ0v) is 18.1. The number of rotatable bonds is 5. The van der Waals surface area contributed by atoms with Gasteiger partial charge in [-0.25, -0.2) is 13.4 Å². The molecule has 1 aromatic heterocycles. The summed E-state index contributed by atoms with van der Waals surface area (Å²) >= 11 is 6.02. The van der Waals surface area contributed by atoms with Crippen LogP contribution in [-0.4, -0.2) is 43.9 Å². The Morgan fingerprint density at radius 3 is 2.35 bits per heavy atom. The number of aromatic nitrogens is 1. The summed E-state index contributed by atoms with van der Waals surface area (Å²) in [6.07, 6.45) is 1.73. The molecule has 2 heterocycles. The third-order valence-electron chi connectivity index (χ3n) is 4.99. The van der Waals surface area contributed by atoms with E-state index >= 15 is 0 Å². The van der Waals surface area contributed by atoms with Crippen LogP contribution in [0.2, 0.25) is 5.02 Å². The molecule has 0 unspecified atom stereocenters. The third-order valence-corrected chi connectivity index (χ3v) is 7.22. The maximum atomic E-state index is 13.0. The third kappa shape index (κ3) is 4.49. The summed E-state index contributed by atoms with van der Waals surface area (Å²) in [7, 11) is -3.62. The highest BCUT2D eigenvalue weighted by molar-refractivity contribution is 7.89. The molecule has 1 fully saturated rings. The van der Waals surface area contributed by atoms with Gasteiger partial charge in [0.05, 0.1) is 9.92 Å². The molecule has 31 heavy (non-hydrogen) atoms. The smallest absolute Gasteiger partial charge is 0.243 e. The largest absolute Gasteiger partial charge is 0.456 e. The molecule has 0 aliphatic carbocycles. The lowest BCUT2D eigenvalue weighted by molar-refractivity contribution is 0.384. The van der Waals surface area contributed by atoms with Gasteiger partial charge in [-0.1, -0.05) is 23.7 Å². The fraction of sp³-hybridized carbons (Fsp3) is 0.182. The molecule has 7 nitrogen and oxygen atoms in total. The number of benzene rings is 2. The fourth-order valence-corrected chi connectivity index (χ4v) is 4.98. The highest BCUT2D eigenvalue weighted by Gasteiger charge is 2.29. The number of hydrogen-bond acceptors (Lipinski definition) is 6. The number of sulfonamides is 1. The topological polar surface area (TPSA) is 86.5 Å². The van der Waals surface area contributed by atoms with Crippen molar-refractivity contribution in [3.05, 3.63) is 77.4 Å². The number of pyridine rings is 1. The summed E-state index contributed by atoms with van der Waals surface area (Å²) in [4.78, 5) is 6.59. The van der Waals surface area contributed by atoms with E-state index in [1.807, 2.05) is 24.3 Å². The van der Waals surface area contributed by atoms with E-state index in [1.54, 1.807) is 36.5 Å². The summed E-state index contributed by atoms with van der Waals surface area (Å²) in [5, 5.41) is 9.55. The minimum atomic E-state index is -3.62. The monoisotopic (exact) mass is 454 g/mol. The lowest BCUT2D eigenvalue weighted by atomic mass is 10.2. The van der Waals surface area contributed by atoms with Crippen molar-refractivity contribution < 1.29 is 13.2 Å². The first-order valence-corrected chi connectivity index (χ1v) is 11.4. The first-order chi connectivity index (χ1) is 15.0. The Morgan fingerprint density at radius 2 is 1.71 bits per heavy atom. The number of nitrogens with zero attached hydrogens (tertiary/aromatic N) is 4. The molecule has 0 atom stereocenters. The molecule has 0 amide bonds. The standard InChI is InChI=1S/C22H19ClN4O3S/c23-20-4-3-5-21(19(20)16-24)30-17-7-9-18(10-8-17)31(28,29)27-14-12-26(13-15-27)22-6-1-2-11-25-22/h1-11H,12-15H2. The zero-order valence-electron chi connectivity index (χ0n) is 16.5. The maximum absolute atomic E-state index is 13.0. The van der Waals surface area contributed by atoms with E-state index in [9.17, 15) is 13.7 Å². The summed E-state index contributed by atoms with van der Waals surface area (Å²) in [5.41, 5.74) is 0.228. The van der Waals surface area contributed by atoms with Crippen molar-refractivity contribution in [3.8, 4) is 17.6 Å². The van der Waals surface area contributed by atoms with Crippen molar-refractivity contribution in [2.75, 3.05) is 31.1 Å². The molecular weight excluding hydrogens is 436 g/mol. The van der Waals surface area contributed by atoms with Crippen LogP contribution in [0.3, 0.4) is 0 Å². The summed E-state index contributed by atoms with van der Waals surface area (Å²) in [6, 6.07) is 18.8. The molecule has 9 heteroatoms. The van der Waals surface area contributed by atoms with Gasteiger partial charge in [-0.3, -0.25) is 0 Å². The van der Waals surface area contributed by atoms with Gasteiger partial charge in [-0.2, -0.15) is 9.57 Å². The van der Waals surface area contributed by atoms with Crippen LogP contribution in [0.25, 0.3) is 0 Å². The SMILES string of the molecule is N#Cc1c(Cl)cccc1Oc1ccc(S(=O)(=O)N2CCN(c3ccccn3)CC2)cc1. The number of ether oxygens (including phenoxy) is 1. The van der Waals surface area contributed by atoms with E-state index in [-0.39, 0.29) is 10.5 Å². The Kier molecular flexibility index (Phi) is 6.09.